The van der Waals surface area contributed by atoms with Gasteiger partial charge in [0.15, 0.2) is 0 Å². The molecule has 0 aliphatic carbocycles. The minimum Gasteiger partial charge on any atom is -0.338 e. The number of nitrogens with zero attached hydrogens (tertiary/aromatic N) is 2. The summed E-state index contributed by atoms with van der Waals surface area (Å²) < 4.78 is 15.1. The van der Waals surface area contributed by atoms with E-state index in [1.165, 1.54) is 24.3 Å². The van der Waals surface area contributed by atoms with Crippen LogP contribution in [0.2, 0.25) is 0 Å². The molecular formula is C20H23FN4O. The lowest BCUT2D eigenvalue weighted by atomic mass is 10.1. The van der Waals surface area contributed by atoms with Crippen LogP contribution in [0.3, 0.4) is 0 Å². The van der Waals surface area contributed by atoms with E-state index in [0.29, 0.717) is 24.6 Å². The predicted octanol–water partition coefficient (Wildman–Crippen LogP) is 4.20. The second-order valence-electron chi connectivity index (χ2n) is 6.71. The average Bonchev–Trinajstić information content (AvgIpc) is 2.94. The van der Waals surface area contributed by atoms with Crippen LogP contribution in [0.5, 0.6) is 0 Å². The molecule has 136 valence electrons. The fourth-order valence-electron chi connectivity index (χ4n) is 2.95. The molecule has 0 spiro atoms. The molecule has 2 heterocycles. The molecule has 0 saturated heterocycles. The fourth-order valence-corrected chi connectivity index (χ4v) is 2.95. The fraction of sp³-hybridized carbons (Fsp3) is 0.300. The minimum absolute atomic E-state index is 0.305. The van der Waals surface area contributed by atoms with Gasteiger partial charge >= 0.3 is 6.03 Å². The Labute approximate surface area is 152 Å². The number of nitrogens with one attached hydrogen (secondary N) is 2. The maximum absolute atomic E-state index is 12.9. The third kappa shape index (κ3) is 4.39. The Morgan fingerprint density at radius 1 is 1.23 bits per heavy atom. The van der Waals surface area contributed by atoms with Crippen molar-refractivity contribution in [1.82, 2.24) is 14.9 Å². The molecule has 3 rings (SSSR count). The first-order valence-corrected chi connectivity index (χ1v) is 8.76. The number of aromatic nitrogens is 2. The number of urea groups is 1. The summed E-state index contributed by atoms with van der Waals surface area (Å²) in [4.78, 5) is 16.5. The number of fused-ring (bicyclic) bond motifs is 1. The second kappa shape index (κ2) is 7.99. The third-order valence-corrected chi connectivity index (χ3v) is 4.06. The van der Waals surface area contributed by atoms with Gasteiger partial charge in [-0.05, 0) is 54.3 Å². The van der Waals surface area contributed by atoms with Gasteiger partial charge in [-0.15, -0.1) is 0 Å². The first kappa shape index (κ1) is 17.9. The van der Waals surface area contributed by atoms with Crippen molar-refractivity contribution in [3.63, 3.8) is 0 Å². The molecule has 2 aromatic heterocycles. The maximum atomic E-state index is 12.9. The van der Waals surface area contributed by atoms with Crippen molar-refractivity contribution in [3.8, 4) is 0 Å². The van der Waals surface area contributed by atoms with Gasteiger partial charge < -0.3 is 15.2 Å². The number of hydrogen-bond acceptors (Lipinski definition) is 2. The Morgan fingerprint density at radius 3 is 2.73 bits per heavy atom. The first-order valence-electron chi connectivity index (χ1n) is 8.76. The van der Waals surface area contributed by atoms with Crippen LogP contribution >= 0.6 is 0 Å². The molecule has 0 fully saturated rings. The Hall–Kier alpha value is -2.89. The number of carbonyl (C=O) groups is 1. The van der Waals surface area contributed by atoms with Gasteiger partial charge in [0.05, 0.1) is 0 Å². The Kier molecular flexibility index (Phi) is 5.51. The summed E-state index contributed by atoms with van der Waals surface area (Å²) in [6.07, 6.45) is 4.64. The van der Waals surface area contributed by atoms with Crippen LogP contribution in [-0.4, -0.2) is 22.1 Å². The van der Waals surface area contributed by atoms with Gasteiger partial charge in [0, 0.05) is 36.6 Å². The van der Waals surface area contributed by atoms with Crippen LogP contribution in [0.1, 0.15) is 19.4 Å². The zero-order valence-electron chi connectivity index (χ0n) is 15.0. The molecule has 3 aromatic rings. The van der Waals surface area contributed by atoms with Crippen LogP contribution in [0.25, 0.3) is 11.0 Å². The largest absolute Gasteiger partial charge is 0.338 e. The Morgan fingerprint density at radius 2 is 2.00 bits per heavy atom. The van der Waals surface area contributed by atoms with Gasteiger partial charge in [0.2, 0.25) is 0 Å². The molecule has 1 aromatic carbocycles. The lowest BCUT2D eigenvalue weighted by Crippen LogP contribution is -2.30. The van der Waals surface area contributed by atoms with Gasteiger partial charge in [-0.3, -0.25) is 0 Å². The molecule has 0 aliphatic rings. The smallest absolute Gasteiger partial charge is 0.319 e. The summed E-state index contributed by atoms with van der Waals surface area (Å²) in [5.74, 6) is 0.197. The van der Waals surface area contributed by atoms with E-state index < -0.39 is 0 Å². The average molecular weight is 354 g/mol. The SMILES string of the molecule is CC(C)Cn1cc(CCNC(=O)Nc2ccc(F)cc2)c2cccnc21. The number of halogens is 1. The van der Waals surface area contributed by atoms with E-state index >= 15 is 0 Å². The zero-order chi connectivity index (χ0) is 18.5. The van der Waals surface area contributed by atoms with E-state index in [1.54, 1.807) is 6.20 Å². The molecule has 0 aliphatic heterocycles. The third-order valence-electron chi connectivity index (χ3n) is 4.06. The summed E-state index contributed by atoms with van der Waals surface area (Å²) >= 11 is 0. The van der Waals surface area contributed by atoms with Gasteiger partial charge in [0.25, 0.3) is 0 Å². The summed E-state index contributed by atoms with van der Waals surface area (Å²) in [6.45, 7) is 5.76. The number of pyridine rings is 1. The van der Waals surface area contributed by atoms with Crippen molar-refractivity contribution in [2.75, 3.05) is 11.9 Å². The van der Waals surface area contributed by atoms with E-state index in [1.807, 2.05) is 6.07 Å². The molecule has 0 bridgehead atoms. The van der Waals surface area contributed by atoms with Gasteiger partial charge in [-0.25, -0.2) is 14.2 Å². The van der Waals surface area contributed by atoms with Crippen molar-refractivity contribution in [1.29, 1.82) is 0 Å². The highest BCUT2D eigenvalue weighted by atomic mass is 19.1. The molecule has 2 amide bonds. The normalized spacial score (nSPS) is 11.1. The van der Waals surface area contributed by atoms with Crippen LogP contribution < -0.4 is 10.6 Å². The quantitative estimate of drug-likeness (QED) is 0.697. The van der Waals surface area contributed by atoms with E-state index in [9.17, 15) is 9.18 Å². The lowest BCUT2D eigenvalue weighted by molar-refractivity contribution is 0.252. The Bertz CT molecular complexity index is 886. The number of benzene rings is 1. The van der Waals surface area contributed by atoms with E-state index in [2.05, 4.69) is 46.3 Å². The van der Waals surface area contributed by atoms with Crippen molar-refractivity contribution in [2.45, 2.75) is 26.8 Å². The second-order valence-corrected chi connectivity index (χ2v) is 6.71. The van der Waals surface area contributed by atoms with Gasteiger partial charge in [-0.1, -0.05) is 13.8 Å². The molecule has 0 atom stereocenters. The molecule has 6 heteroatoms. The summed E-state index contributed by atoms with van der Waals surface area (Å²) in [7, 11) is 0. The Balaban J connectivity index is 1.61. The van der Waals surface area contributed by atoms with Crippen molar-refractivity contribution in [3.05, 3.63) is 60.2 Å². The monoisotopic (exact) mass is 354 g/mol. The number of hydrogen-bond donors (Lipinski definition) is 2. The van der Waals surface area contributed by atoms with E-state index in [0.717, 1.165) is 23.1 Å². The van der Waals surface area contributed by atoms with Crippen molar-refractivity contribution in [2.24, 2.45) is 5.92 Å². The van der Waals surface area contributed by atoms with Crippen LogP contribution in [-0.2, 0) is 13.0 Å². The molecule has 2 N–H and O–H groups in total. The van der Waals surface area contributed by atoms with Crippen LogP contribution in [0, 0.1) is 11.7 Å². The van der Waals surface area contributed by atoms with Gasteiger partial charge in [0.1, 0.15) is 11.5 Å². The number of carbonyl (C=O) groups excluding carboxylic acids is 1. The number of rotatable bonds is 6. The van der Waals surface area contributed by atoms with E-state index in [-0.39, 0.29) is 11.8 Å². The summed E-state index contributed by atoms with van der Waals surface area (Å²) in [5, 5.41) is 6.64. The highest BCUT2D eigenvalue weighted by Crippen LogP contribution is 2.20. The zero-order valence-corrected chi connectivity index (χ0v) is 15.0. The molecule has 0 saturated carbocycles. The highest BCUT2D eigenvalue weighted by molar-refractivity contribution is 5.89. The molecule has 26 heavy (non-hydrogen) atoms. The summed E-state index contributed by atoms with van der Waals surface area (Å²) in [6, 6.07) is 9.37. The standard InChI is InChI=1S/C20H23FN4O/c1-14(2)12-25-13-15(18-4-3-10-22-19(18)25)9-11-23-20(26)24-17-7-5-16(21)6-8-17/h3-8,10,13-14H,9,11-12H2,1-2H3,(H2,23,24,26). The van der Waals surface area contributed by atoms with Crippen LogP contribution in [0.4, 0.5) is 14.9 Å². The number of amides is 2. The topological polar surface area (TPSA) is 59.0 Å². The lowest BCUT2D eigenvalue weighted by Gasteiger charge is -2.07. The van der Waals surface area contributed by atoms with E-state index in [4.69, 9.17) is 0 Å². The molecule has 0 radical (unpaired) electrons. The molecule has 5 nitrogen and oxygen atoms in total. The van der Waals surface area contributed by atoms with Crippen LogP contribution in [0.15, 0.2) is 48.8 Å². The first-order chi connectivity index (χ1) is 12.5. The summed E-state index contributed by atoms with van der Waals surface area (Å²) in [5.41, 5.74) is 2.70. The maximum Gasteiger partial charge on any atom is 0.319 e. The van der Waals surface area contributed by atoms with Crippen molar-refractivity contribution < 1.29 is 9.18 Å². The highest BCUT2D eigenvalue weighted by Gasteiger charge is 2.10. The molecular weight excluding hydrogens is 331 g/mol. The minimum atomic E-state index is -0.331. The molecule has 0 unspecified atom stereocenters. The predicted molar refractivity (Wildman–Crippen MR) is 102 cm³/mol. The van der Waals surface area contributed by atoms with Crippen molar-refractivity contribution >= 4 is 22.8 Å². The van der Waals surface area contributed by atoms with Gasteiger partial charge in [-0.2, -0.15) is 0 Å². The number of anilines is 1.